The third-order valence-electron chi connectivity index (χ3n) is 5.60. The molecule has 3 aromatic carbocycles. The SMILES string of the molecule is CCc1ccc(N2C(=O)C(=O)/C(=C(/O)c3cc(Cl)ccc3OC)C2c2ccccc2)cc1. The number of aliphatic hydroxyl groups excluding tert-OH is 1. The number of ether oxygens (including phenoxy) is 1. The lowest BCUT2D eigenvalue weighted by Gasteiger charge is -2.25. The Bertz CT molecular complexity index is 1200. The summed E-state index contributed by atoms with van der Waals surface area (Å²) in [6.07, 6.45) is 0.857. The number of hydrogen-bond donors (Lipinski definition) is 1. The molecule has 4 rings (SSSR count). The number of hydrogen-bond acceptors (Lipinski definition) is 4. The number of aryl methyl sites for hydroxylation is 1. The minimum atomic E-state index is -0.799. The summed E-state index contributed by atoms with van der Waals surface area (Å²) in [5.41, 5.74) is 2.64. The maximum atomic E-state index is 13.2. The van der Waals surface area contributed by atoms with E-state index in [0.717, 1.165) is 12.0 Å². The molecule has 0 spiro atoms. The Morgan fingerprint density at radius 3 is 2.34 bits per heavy atom. The minimum Gasteiger partial charge on any atom is -0.507 e. The van der Waals surface area contributed by atoms with E-state index in [4.69, 9.17) is 16.3 Å². The molecule has 32 heavy (non-hydrogen) atoms. The molecule has 162 valence electrons. The molecule has 1 fully saturated rings. The number of amides is 1. The molecule has 1 unspecified atom stereocenters. The number of Topliss-reactive ketones (excluding diaryl/α,β-unsaturated/α-hetero) is 1. The molecule has 1 N–H and O–H groups in total. The number of carbonyl (C=O) groups is 2. The van der Waals surface area contributed by atoms with E-state index in [1.165, 1.54) is 18.1 Å². The summed E-state index contributed by atoms with van der Waals surface area (Å²) in [4.78, 5) is 27.8. The molecule has 0 saturated carbocycles. The van der Waals surface area contributed by atoms with Gasteiger partial charge in [-0.05, 0) is 47.9 Å². The lowest BCUT2D eigenvalue weighted by Crippen LogP contribution is -2.29. The van der Waals surface area contributed by atoms with Gasteiger partial charge in [-0.3, -0.25) is 14.5 Å². The third-order valence-corrected chi connectivity index (χ3v) is 5.83. The molecular weight excluding hydrogens is 426 g/mol. The Morgan fingerprint density at radius 2 is 1.72 bits per heavy atom. The van der Waals surface area contributed by atoms with Crippen LogP contribution in [0.15, 0.2) is 78.4 Å². The largest absolute Gasteiger partial charge is 0.507 e. The zero-order chi connectivity index (χ0) is 22.8. The van der Waals surface area contributed by atoms with Crippen LogP contribution in [-0.4, -0.2) is 23.9 Å². The van der Waals surface area contributed by atoms with Gasteiger partial charge < -0.3 is 9.84 Å². The van der Waals surface area contributed by atoms with Gasteiger partial charge in [0, 0.05) is 10.7 Å². The first-order chi connectivity index (χ1) is 15.5. The van der Waals surface area contributed by atoms with Gasteiger partial charge in [-0.1, -0.05) is 61.0 Å². The van der Waals surface area contributed by atoms with Crippen molar-refractivity contribution >= 4 is 34.7 Å². The second-order valence-corrected chi connectivity index (χ2v) is 7.88. The van der Waals surface area contributed by atoms with Gasteiger partial charge in [0.05, 0.1) is 24.3 Å². The molecule has 0 aliphatic carbocycles. The lowest BCUT2D eigenvalue weighted by atomic mass is 9.95. The number of rotatable bonds is 5. The van der Waals surface area contributed by atoms with E-state index in [0.29, 0.717) is 22.0 Å². The van der Waals surface area contributed by atoms with Crippen molar-refractivity contribution in [2.45, 2.75) is 19.4 Å². The molecule has 3 aromatic rings. The number of aliphatic hydroxyl groups is 1. The summed E-state index contributed by atoms with van der Waals surface area (Å²) >= 11 is 6.14. The molecule has 5 nitrogen and oxygen atoms in total. The van der Waals surface area contributed by atoms with E-state index in [9.17, 15) is 14.7 Å². The van der Waals surface area contributed by atoms with Crippen molar-refractivity contribution in [3.63, 3.8) is 0 Å². The van der Waals surface area contributed by atoms with Crippen molar-refractivity contribution in [1.82, 2.24) is 0 Å². The van der Waals surface area contributed by atoms with Gasteiger partial charge in [0.1, 0.15) is 11.5 Å². The molecule has 0 radical (unpaired) electrons. The van der Waals surface area contributed by atoms with E-state index in [1.54, 1.807) is 12.1 Å². The van der Waals surface area contributed by atoms with Crippen LogP contribution in [0, 0.1) is 0 Å². The summed E-state index contributed by atoms with van der Waals surface area (Å²) in [6.45, 7) is 2.05. The van der Waals surface area contributed by atoms with Gasteiger partial charge in [0.2, 0.25) is 0 Å². The minimum absolute atomic E-state index is 0.0127. The summed E-state index contributed by atoms with van der Waals surface area (Å²) in [6, 6.07) is 20.6. The predicted molar refractivity (Wildman–Crippen MR) is 125 cm³/mol. The van der Waals surface area contributed by atoms with Crippen molar-refractivity contribution in [1.29, 1.82) is 0 Å². The van der Waals surface area contributed by atoms with Crippen LogP contribution in [0.4, 0.5) is 5.69 Å². The molecule has 1 amide bonds. The highest BCUT2D eigenvalue weighted by Crippen LogP contribution is 2.43. The molecule has 6 heteroatoms. The first-order valence-electron chi connectivity index (χ1n) is 10.2. The van der Waals surface area contributed by atoms with E-state index < -0.39 is 17.7 Å². The van der Waals surface area contributed by atoms with E-state index in [-0.39, 0.29) is 16.9 Å². The second-order valence-electron chi connectivity index (χ2n) is 7.44. The van der Waals surface area contributed by atoms with Gasteiger partial charge in [0.15, 0.2) is 0 Å². The molecular formula is C26H22ClNO4. The molecule has 1 aliphatic rings. The zero-order valence-corrected chi connectivity index (χ0v) is 18.5. The predicted octanol–water partition coefficient (Wildman–Crippen LogP) is 5.54. The molecule has 1 aliphatic heterocycles. The Hall–Kier alpha value is -3.57. The van der Waals surface area contributed by atoms with Crippen LogP contribution in [0.5, 0.6) is 5.75 Å². The zero-order valence-electron chi connectivity index (χ0n) is 17.7. The summed E-state index contributed by atoms with van der Waals surface area (Å²) in [5.74, 6) is -1.45. The number of anilines is 1. The third kappa shape index (κ3) is 3.76. The molecule has 0 bridgehead atoms. The number of halogens is 1. The highest BCUT2D eigenvalue weighted by Gasteiger charge is 2.47. The maximum absolute atomic E-state index is 13.2. The second kappa shape index (κ2) is 8.89. The van der Waals surface area contributed by atoms with Crippen molar-refractivity contribution in [2.24, 2.45) is 0 Å². The molecule has 1 heterocycles. The van der Waals surface area contributed by atoms with Crippen molar-refractivity contribution in [3.8, 4) is 5.75 Å². The normalized spacial score (nSPS) is 17.6. The van der Waals surface area contributed by atoms with Gasteiger partial charge in [-0.2, -0.15) is 0 Å². The highest BCUT2D eigenvalue weighted by molar-refractivity contribution is 6.51. The maximum Gasteiger partial charge on any atom is 0.300 e. The fourth-order valence-corrected chi connectivity index (χ4v) is 4.12. The van der Waals surface area contributed by atoms with Crippen LogP contribution in [0.2, 0.25) is 5.02 Å². The van der Waals surface area contributed by atoms with Crippen LogP contribution in [-0.2, 0) is 16.0 Å². The first kappa shape index (κ1) is 21.7. The Balaban J connectivity index is 1.95. The Morgan fingerprint density at radius 1 is 1.03 bits per heavy atom. The van der Waals surface area contributed by atoms with Crippen molar-refractivity contribution in [3.05, 3.63) is 100 Å². The van der Waals surface area contributed by atoms with E-state index in [1.807, 2.05) is 61.5 Å². The first-order valence-corrected chi connectivity index (χ1v) is 10.6. The Kier molecular flexibility index (Phi) is 6.01. The number of carbonyl (C=O) groups excluding carboxylic acids is 2. The number of nitrogens with zero attached hydrogens (tertiary/aromatic N) is 1. The Labute approximate surface area is 191 Å². The lowest BCUT2D eigenvalue weighted by molar-refractivity contribution is -0.132. The van der Waals surface area contributed by atoms with Crippen molar-refractivity contribution < 1.29 is 19.4 Å². The summed E-state index contributed by atoms with van der Waals surface area (Å²) in [7, 11) is 1.46. The molecule has 0 aromatic heterocycles. The molecule has 1 atom stereocenters. The van der Waals surface area contributed by atoms with Crippen LogP contribution in [0.3, 0.4) is 0 Å². The van der Waals surface area contributed by atoms with Crippen LogP contribution >= 0.6 is 11.6 Å². The van der Waals surface area contributed by atoms with Gasteiger partial charge in [-0.15, -0.1) is 0 Å². The summed E-state index contributed by atoms with van der Waals surface area (Å²) < 4.78 is 5.36. The van der Waals surface area contributed by atoms with Gasteiger partial charge in [0.25, 0.3) is 11.7 Å². The number of methoxy groups -OCH3 is 1. The van der Waals surface area contributed by atoms with Crippen LogP contribution < -0.4 is 9.64 Å². The topological polar surface area (TPSA) is 66.8 Å². The van der Waals surface area contributed by atoms with Crippen LogP contribution in [0.1, 0.15) is 29.7 Å². The van der Waals surface area contributed by atoms with E-state index >= 15 is 0 Å². The van der Waals surface area contributed by atoms with E-state index in [2.05, 4.69) is 0 Å². The standard InChI is InChI=1S/C26H22ClNO4/c1-3-16-9-12-19(13-10-16)28-23(17-7-5-4-6-8-17)22(25(30)26(28)31)24(29)20-15-18(27)11-14-21(20)32-2/h4-15,23,29H,3H2,1-2H3/b24-22+. The summed E-state index contributed by atoms with van der Waals surface area (Å²) in [5, 5.41) is 11.6. The average Bonchev–Trinajstić information content (AvgIpc) is 3.09. The quantitative estimate of drug-likeness (QED) is 0.317. The molecule has 1 saturated heterocycles. The fraction of sp³-hybridized carbons (Fsp3) is 0.154. The monoisotopic (exact) mass is 447 g/mol. The van der Waals surface area contributed by atoms with Crippen molar-refractivity contribution in [2.75, 3.05) is 12.0 Å². The van der Waals surface area contributed by atoms with Gasteiger partial charge >= 0.3 is 0 Å². The average molecular weight is 448 g/mol. The number of ketones is 1. The fourth-order valence-electron chi connectivity index (χ4n) is 3.95. The van der Waals surface area contributed by atoms with Crippen LogP contribution in [0.25, 0.3) is 5.76 Å². The van der Waals surface area contributed by atoms with Gasteiger partial charge in [-0.25, -0.2) is 0 Å². The smallest absolute Gasteiger partial charge is 0.300 e. The number of benzene rings is 3. The highest BCUT2D eigenvalue weighted by atomic mass is 35.5.